The third-order valence-electron chi connectivity index (χ3n) is 2.55. The van der Waals surface area contributed by atoms with Crippen molar-refractivity contribution in [3.63, 3.8) is 0 Å². The maximum atomic E-state index is 11.2. The van der Waals surface area contributed by atoms with E-state index in [1.165, 1.54) is 0 Å². The zero-order valence-electron chi connectivity index (χ0n) is 11.1. The van der Waals surface area contributed by atoms with Gasteiger partial charge in [-0.3, -0.25) is 4.79 Å². The Morgan fingerprint density at radius 3 is 2.28 bits per heavy atom. The molecule has 0 aliphatic heterocycles. The number of rotatable bonds is 5. The van der Waals surface area contributed by atoms with Gasteiger partial charge < -0.3 is 15.5 Å². The minimum Gasteiger partial charge on any atom is -0.508 e. The number of aliphatic carboxylic acids is 1. The lowest BCUT2D eigenvalue weighted by atomic mass is 9.96. The van der Waals surface area contributed by atoms with Crippen LogP contribution in [0.25, 0.3) is 0 Å². The third kappa shape index (κ3) is 5.19. The average Bonchev–Trinajstić information content (AvgIpc) is 2.25. The lowest BCUT2D eigenvalue weighted by Crippen LogP contribution is -2.42. The predicted molar refractivity (Wildman–Crippen MR) is 70.7 cm³/mol. The Labute approximate surface area is 108 Å². The summed E-state index contributed by atoms with van der Waals surface area (Å²) in [7, 11) is 0. The fourth-order valence-electron chi connectivity index (χ4n) is 1.54. The van der Waals surface area contributed by atoms with E-state index in [1.807, 2.05) is 0 Å². The molecule has 0 saturated carbocycles. The molecule has 0 spiro atoms. The van der Waals surface area contributed by atoms with Crippen LogP contribution >= 0.6 is 0 Å². The molecule has 0 radical (unpaired) electrons. The van der Waals surface area contributed by atoms with Gasteiger partial charge in [0.1, 0.15) is 11.8 Å². The Morgan fingerprint density at radius 1 is 1.28 bits per heavy atom. The number of carboxylic acid groups (broad SMARTS) is 1. The first-order chi connectivity index (χ1) is 8.28. The zero-order chi connectivity index (χ0) is 13.8. The Hall–Kier alpha value is -1.55. The summed E-state index contributed by atoms with van der Waals surface area (Å²) in [6, 6.07) is 6.01. The Morgan fingerprint density at radius 2 is 1.83 bits per heavy atom. The van der Waals surface area contributed by atoms with Crippen molar-refractivity contribution in [3.8, 4) is 5.75 Å². The maximum absolute atomic E-state index is 11.2. The second kappa shape index (κ2) is 5.87. The summed E-state index contributed by atoms with van der Waals surface area (Å²) in [5.41, 5.74) is 0.935. The van der Waals surface area contributed by atoms with E-state index in [0.29, 0.717) is 13.0 Å². The highest BCUT2D eigenvalue weighted by atomic mass is 16.4. The molecule has 0 saturated heterocycles. The molecule has 0 bridgehead atoms. The second-order valence-corrected chi connectivity index (χ2v) is 5.70. The van der Waals surface area contributed by atoms with Crippen molar-refractivity contribution < 1.29 is 15.0 Å². The van der Waals surface area contributed by atoms with Gasteiger partial charge in [-0.2, -0.15) is 0 Å². The van der Waals surface area contributed by atoms with Gasteiger partial charge >= 0.3 is 5.97 Å². The summed E-state index contributed by atoms with van der Waals surface area (Å²) in [6.07, 6.45) is 0.408. The first kappa shape index (κ1) is 14.5. The first-order valence-electron chi connectivity index (χ1n) is 6.02. The largest absolute Gasteiger partial charge is 0.508 e. The maximum Gasteiger partial charge on any atom is 0.321 e. The van der Waals surface area contributed by atoms with Crippen LogP contribution in [0.5, 0.6) is 5.75 Å². The van der Waals surface area contributed by atoms with E-state index >= 15 is 0 Å². The van der Waals surface area contributed by atoms with Gasteiger partial charge in [0.15, 0.2) is 0 Å². The minimum atomic E-state index is -0.854. The summed E-state index contributed by atoms with van der Waals surface area (Å²) >= 11 is 0. The third-order valence-corrected chi connectivity index (χ3v) is 2.55. The molecule has 4 heteroatoms. The normalized spacial score (nSPS) is 13.3. The van der Waals surface area contributed by atoms with Gasteiger partial charge in [-0.05, 0) is 29.5 Å². The molecular formula is C14H21NO3. The fourth-order valence-corrected chi connectivity index (χ4v) is 1.54. The summed E-state index contributed by atoms with van der Waals surface area (Å²) in [5, 5.41) is 21.4. The van der Waals surface area contributed by atoms with Crippen LogP contribution in [-0.2, 0) is 11.2 Å². The predicted octanol–water partition coefficient (Wildman–Crippen LogP) is 2.02. The zero-order valence-corrected chi connectivity index (χ0v) is 11.1. The molecule has 0 heterocycles. The van der Waals surface area contributed by atoms with Gasteiger partial charge in [0.05, 0.1) is 0 Å². The number of hydrogen-bond acceptors (Lipinski definition) is 3. The SMILES string of the molecule is CC(C)(C)CN[C@H](Cc1ccc(O)cc1)C(=O)O. The van der Waals surface area contributed by atoms with E-state index in [9.17, 15) is 15.0 Å². The summed E-state index contributed by atoms with van der Waals surface area (Å²) in [5.74, 6) is -0.666. The number of hydrogen-bond donors (Lipinski definition) is 3. The van der Waals surface area contributed by atoms with Crippen molar-refractivity contribution in [2.45, 2.75) is 33.2 Å². The molecule has 0 amide bonds. The van der Waals surface area contributed by atoms with Crippen molar-refractivity contribution >= 4 is 5.97 Å². The van der Waals surface area contributed by atoms with Gasteiger partial charge in [-0.1, -0.05) is 32.9 Å². The van der Waals surface area contributed by atoms with E-state index in [1.54, 1.807) is 24.3 Å². The van der Waals surface area contributed by atoms with Crippen molar-refractivity contribution in [1.82, 2.24) is 5.32 Å². The van der Waals surface area contributed by atoms with Gasteiger partial charge in [0, 0.05) is 6.54 Å². The topological polar surface area (TPSA) is 69.6 Å². The number of carbonyl (C=O) groups is 1. The van der Waals surface area contributed by atoms with Crippen molar-refractivity contribution in [3.05, 3.63) is 29.8 Å². The van der Waals surface area contributed by atoms with Crippen LogP contribution in [0.1, 0.15) is 26.3 Å². The molecule has 1 aromatic rings. The van der Waals surface area contributed by atoms with Crippen molar-refractivity contribution in [2.24, 2.45) is 5.41 Å². The highest BCUT2D eigenvalue weighted by Gasteiger charge is 2.20. The summed E-state index contributed by atoms with van der Waals surface area (Å²) in [4.78, 5) is 11.2. The fraction of sp³-hybridized carbons (Fsp3) is 0.500. The molecule has 3 N–H and O–H groups in total. The van der Waals surface area contributed by atoms with Crippen LogP contribution in [0.15, 0.2) is 24.3 Å². The molecule has 1 aromatic carbocycles. The molecule has 1 rings (SSSR count). The number of benzene rings is 1. The molecule has 0 aliphatic carbocycles. The Bertz CT molecular complexity index is 392. The van der Waals surface area contributed by atoms with E-state index in [2.05, 4.69) is 26.1 Å². The van der Waals surface area contributed by atoms with Crippen LogP contribution in [0.3, 0.4) is 0 Å². The standard InChI is InChI=1S/C14H21NO3/c1-14(2,3)9-15-12(13(17)18)8-10-4-6-11(16)7-5-10/h4-7,12,15-16H,8-9H2,1-3H3,(H,17,18)/t12-/m1/s1. The number of phenolic OH excluding ortho intramolecular Hbond substituents is 1. The number of carboxylic acids is 1. The molecular weight excluding hydrogens is 230 g/mol. The first-order valence-corrected chi connectivity index (χ1v) is 6.02. The molecule has 4 nitrogen and oxygen atoms in total. The Kier molecular flexibility index (Phi) is 4.73. The lowest BCUT2D eigenvalue weighted by molar-refractivity contribution is -0.139. The highest BCUT2D eigenvalue weighted by Crippen LogP contribution is 2.14. The molecule has 0 aliphatic rings. The number of nitrogens with one attached hydrogen (secondary N) is 1. The van der Waals surface area contributed by atoms with E-state index in [-0.39, 0.29) is 11.2 Å². The van der Waals surface area contributed by atoms with Crippen LogP contribution in [-0.4, -0.2) is 28.8 Å². The van der Waals surface area contributed by atoms with Crippen LogP contribution in [0.2, 0.25) is 0 Å². The van der Waals surface area contributed by atoms with Gasteiger partial charge in [0.25, 0.3) is 0 Å². The summed E-state index contributed by atoms with van der Waals surface area (Å²) < 4.78 is 0. The van der Waals surface area contributed by atoms with Crippen molar-refractivity contribution in [2.75, 3.05) is 6.54 Å². The number of aromatic hydroxyl groups is 1. The van der Waals surface area contributed by atoms with Crippen LogP contribution in [0.4, 0.5) is 0 Å². The Balaban J connectivity index is 2.63. The lowest BCUT2D eigenvalue weighted by Gasteiger charge is -2.22. The smallest absolute Gasteiger partial charge is 0.321 e. The number of phenols is 1. The molecule has 1 atom stereocenters. The van der Waals surface area contributed by atoms with Gasteiger partial charge in [0.2, 0.25) is 0 Å². The van der Waals surface area contributed by atoms with Gasteiger partial charge in [-0.15, -0.1) is 0 Å². The molecule has 0 fully saturated rings. The molecule has 0 aromatic heterocycles. The second-order valence-electron chi connectivity index (χ2n) is 5.70. The quantitative estimate of drug-likeness (QED) is 0.749. The molecule has 100 valence electrons. The van der Waals surface area contributed by atoms with Crippen LogP contribution in [0, 0.1) is 5.41 Å². The van der Waals surface area contributed by atoms with E-state index < -0.39 is 12.0 Å². The highest BCUT2D eigenvalue weighted by molar-refractivity contribution is 5.73. The van der Waals surface area contributed by atoms with Crippen LogP contribution < -0.4 is 5.32 Å². The molecule has 0 unspecified atom stereocenters. The van der Waals surface area contributed by atoms with E-state index in [0.717, 1.165) is 5.56 Å². The monoisotopic (exact) mass is 251 g/mol. The summed E-state index contributed by atoms with van der Waals surface area (Å²) in [6.45, 7) is 6.81. The van der Waals surface area contributed by atoms with E-state index in [4.69, 9.17) is 0 Å². The minimum absolute atomic E-state index is 0.0443. The molecule has 18 heavy (non-hydrogen) atoms. The van der Waals surface area contributed by atoms with Gasteiger partial charge in [-0.25, -0.2) is 0 Å². The average molecular weight is 251 g/mol. The van der Waals surface area contributed by atoms with Crippen molar-refractivity contribution in [1.29, 1.82) is 0 Å².